The molecule has 102 valence electrons. The van der Waals surface area contributed by atoms with Gasteiger partial charge in [0.2, 0.25) is 0 Å². The van der Waals surface area contributed by atoms with Gasteiger partial charge < -0.3 is 10.5 Å². The van der Waals surface area contributed by atoms with Gasteiger partial charge in [0.25, 0.3) is 0 Å². The highest BCUT2D eigenvalue weighted by atomic mass is 79.9. The average molecular weight is 335 g/mol. The summed E-state index contributed by atoms with van der Waals surface area (Å²) in [5.74, 6) is -0.586. The van der Waals surface area contributed by atoms with Crippen LogP contribution in [-0.2, 0) is 4.74 Å². The van der Waals surface area contributed by atoms with E-state index < -0.39 is 5.97 Å². The number of nitriles is 1. The van der Waals surface area contributed by atoms with E-state index in [-0.39, 0.29) is 18.0 Å². The van der Waals surface area contributed by atoms with Crippen LogP contribution in [0.2, 0.25) is 0 Å². The van der Waals surface area contributed by atoms with Crippen LogP contribution in [0.1, 0.15) is 23.0 Å². The van der Waals surface area contributed by atoms with Gasteiger partial charge in [0.1, 0.15) is 6.07 Å². The lowest BCUT2D eigenvalue weighted by Gasteiger charge is -2.04. The van der Waals surface area contributed by atoms with Crippen molar-refractivity contribution in [1.29, 1.82) is 5.26 Å². The topological polar surface area (TPSA) is 93.9 Å². The lowest BCUT2D eigenvalue weighted by molar-refractivity contribution is 0.0520. The van der Waals surface area contributed by atoms with Gasteiger partial charge in [-0.3, -0.25) is 0 Å². The number of nitrogens with zero attached hydrogens (tertiary/aromatic N) is 3. The van der Waals surface area contributed by atoms with Crippen LogP contribution in [0.5, 0.6) is 0 Å². The second-order valence-corrected chi connectivity index (χ2v) is 4.79. The van der Waals surface area contributed by atoms with Crippen LogP contribution in [0.15, 0.2) is 28.9 Å². The molecule has 0 spiro atoms. The minimum absolute atomic E-state index is 0.0377. The highest BCUT2D eigenvalue weighted by molar-refractivity contribution is 9.10. The molecule has 0 unspecified atom stereocenters. The second kappa shape index (κ2) is 5.75. The maximum atomic E-state index is 11.7. The maximum Gasteiger partial charge on any atom is 0.361 e. The van der Waals surface area contributed by atoms with E-state index >= 15 is 0 Å². The number of halogens is 1. The fourth-order valence-corrected chi connectivity index (χ4v) is 2.01. The van der Waals surface area contributed by atoms with Gasteiger partial charge >= 0.3 is 5.97 Å². The van der Waals surface area contributed by atoms with Crippen LogP contribution in [0.25, 0.3) is 5.69 Å². The second-order valence-electron chi connectivity index (χ2n) is 3.87. The summed E-state index contributed by atoms with van der Waals surface area (Å²) in [7, 11) is 0. The van der Waals surface area contributed by atoms with Crippen LogP contribution in [0.3, 0.4) is 0 Å². The van der Waals surface area contributed by atoms with Gasteiger partial charge in [-0.25, -0.2) is 9.48 Å². The zero-order valence-corrected chi connectivity index (χ0v) is 12.2. The number of esters is 1. The van der Waals surface area contributed by atoms with Crippen molar-refractivity contribution >= 4 is 27.6 Å². The van der Waals surface area contributed by atoms with Crippen molar-refractivity contribution in [2.75, 3.05) is 12.3 Å². The molecule has 0 saturated carbocycles. The highest BCUT2D eigenvalue weighted by Gasteiger charge is 2.17. The molecule has 6 nitrogen and oxygen atoms in total. The molecule has 0 aliphatic heterocycles. The summed E-state index contributed by atoms with van der Waals surface area (Å²) >= 11 is 3.33. The largest absolute Gasteiger partial charge is 0.461 e. The standard InChI is InChI=1S/C13H11BrN4O2/c1-2-20-13(19)12-10(16)7-18(17-12)11-5-9(14)4-3-8(11)6-15/h3-5,7H,2,16H2,1H3. The smallest absolute Gasteiger partial charge is 0.361 e. The summed E-state index contributed by atoms with van der Waals surface area (Å²) in [6.45, 7) is 1.94. The third-order valence-corrected chi connectivity index (χ3v) is 3.03. The Morgan fingerprint density at radius 1 is 1.60 bits per heavy atom. The molecule has 7 heteroatoms. The monoisotopic (exact) mass is 334 g/mol. The van der Waals surface area contributed by atoms with Crippen molar-refractivity contribution in [2.45, 2.75) is 6.92 Å². The first-order valence-corrected chi connectivity index (χ1v) is 6.58. The van der Waals surface area contributed by atoms with Crippen LogP contribution in [0, 0.1) is 11.3 Å². The molecule has 2 N–H and O–H groups in total. The Balaban J connectivity index is 2.50. The van der Waals surface area contributed by atoms with Gasteiger partial charge in [-0.05, 0) is 25.1 Å². The summed E-state index contributed by atoms with van der Waals surface area (Å²) in [5.41, 5.74) is 6.95. The molecule has 20 heavy (non-hydrogen) atoms. The Kier molecular flexibility index (Phi) is 4.05. The zero-order valence-electron chi connectivity index (χ0n) is 10.6. The molecule has 0 saturated heterocycles. The van der Waals surface area contributed by atoms with Crippen molar-refractivity contribution in [1.82, 2.24) is 9.78 Å². The number of hydrogen-bond acceptors (Lipinski definition) is 5. The molecule has 0 bridgehead atoms. The first-order chi connectivity index (χ1) is 9.56. The van der Waals surface area contributed by atoms with Gasteiger partial charge in [0.15, 0.2) is 5.69 Å². The number of carbonyl (C=O) groups excluding carboxylic acids is 1. The molecule has 2 aromatic rings. The molecular formula is C13H11BrN4O2. The Morgan fingerprint density at radius 3 is 3.00 bits per heavy atom. The van der Waals surface area contributed by atoms with Gasteiger partial charge in [0.05, 0.1) is 29.7 Å². The van der Waals surface area contributed by atoms with Crippen molar-refractivity contribution in [3.63, 3.8) is 0 Å². The van der Waals surface area contributed by atoms with E-state index in [2.05, 4.69) is 27.1 Å². The predicted molar refractivity (Wildman–Crippen MR) is 76.3 cm³/mol. The molecule has 0 amide bonds. The van der Waals surface area contributed by atoms with E-state index in [9.17, 15) is 4.79 Å². The number of nitrogens with two attached hydrogens (primary N) is 1. The third-order valence-electron chi connectivity index (χ3n) is 2.54. The molecule has 1 aromatic heterocycles. The minimum atomic E-state index is -0.586. The van der Waals surface area contributed by atoms with E-state index in [0.29, 0.717) is 11.3 Å². The number of carbonyl (C=O) groups is 1. The van der Waals surface area contributed by atoms with Gasteiger partial charge in [-0.1, -0.05) is 15.9 Å². The summed E-state index contributed by atoms with van der Waals surface area (Å²) < 4.78 is 7.05. The Bertz CT molecular complexity index is 703. The van der Waals surface area contributed by atoms with E-state index in [1.54, 1.807) is 25.1 Å². The molecule has 0 atom stereocenters. The average Bonchev–Trinajstić information content (AvgIpc) is 2.81. The van der Waals surface area contributed by atoms with Gasteiger partial charge in [-0.15, -0.1) is 0 Å². The van der Waals surface area contributed by atoms with Crippen LogP contribution < -0.4 is 5.73 Å². The lowest BCUT2D eigenvalue weighted by atomic mass is 10.2. The molecule has 1 heterocycles. The van der Waals surface area contributed by atoms with Crippen molar-refractivity contribution in [2.24, 2.45) is 0 Å². The van der Waals surface area contributed by atoms with Crippen molar-refractivity contribution in [3.8, 4) is 11.8 Å². The van der Waals surface area contributed by atoms with Crippen LogP contribution in [-0.4, -0.2) is 22.4 Å². The summed E-state index contributed by atoms with van der Waals surface area (Å²) in [6, 6.07) is 7.19. The lowest BCUT2D eigenvalue weighted by Crippen LogP contribution is -2.08. The van der Waals surface area contributed by atoms with Gasteiger partial charge in [0, 0.05) is 4.47 Å². The number of anilines is 1. The summed E-state index contributed by atoms with van der Waals surface area (Å²) in [5, 5.41) is 13.2. The third kappa shape index (κ3) is 2.65. The van der Waals surface area contributed by atoms with E-state index in [1.165, 1.54) is 10.9 Å². The zero-order chi connectivity index (χ0) is 14.7. The molecular weight excluding hydrogens is 324 g/mol. The molecule has 1 aromatic carbocycles. The molecule has 0 aliphatic carbocycles. The van der Waals surface area contributed by atoms with E-state index in [4.69, 9.17) is 15.7 Å². The van der Waals surface area contributed by atoms with Crippen LogP contribution in [0.4, 0.5) is 5.69 Å². The number of rotatable bonds is 3. The number of nitrogen functional groups attached to an aromatic ring is 1. The maximum absolute atomic E-state index is 11.7. The number of benzene rings is 1. The first kappa shape index (κ1) is 14.1. The Morgan fingerprint density at radius 2 is 2.35 bits per heavy atom. The predicted octanol–water partition coefficient (Wildman–Crippen LogP) is 2.27. The minimum Gasteiger partial charge on any atom is -0.461 e. The van der Waals surface area contributed by atoms with E-state index in [1.807, 2.05) is 0 Å². The number of ether oxygens (including phenoxy) is 1. The normalized spacial score (nSPS) is 10.1. The van der Waals surface area contributed by atoms with Crippen LogP contribution >= 0.6 is 15.9 Å². The van der Waals surface area contributed by atoms with Crippen molar-refractivity contribution in [3.05, 3.63) is 40.1 Å². The number of aromatic nitrogens is 2. The Hall–Kier alpha value is -2.33. The molecule has 0 aliphatic rings. The van der Waals surface area contributed by atoms with Gasteiger partial charge in [-0.2, -0.15) is 10.4 Å². The SMILES string of the molecule is CCOC(=O)c1nn(-c2cc(Br)ccc2C#N)cc1N. The molecule has 2 rings (SSSR count). The highest BCUT2D eigenvalue weighted by Crippen LogP contribution is 2.22. The fraction of sp³-hybridized carbons (Fsp3) is 0.154. The molecule has 0 radical (unpaired) electrons. The van der Waals surface area contributed by atoms with Crippen molar-refractivity contribution < 1.29 is 9.53 Å². The fourth-order valence-electron chi connectivity index (χ4n) is 1.66. The molecule has 0 fully saturated rings. The Labute approximate surface area is 123 Å². The summed E-state index contributed by atoms with van der Waals surface area (Å²) in [6.07, 6.45) is 1.48. The first-order valence-electron chi connectivity index (χ1n) is 5.79. The number of hydrogen-bond donors (Lipinski definition) is 1. The quantitative estimate of drug-likeness (QED) is 0.869. The van der Waals surface area contributed by atoms with E-state index in [0.717, 1.165) is 4.47 Å². The summed E-state index contributed by atoms with van der Waals surface area (Å²) in [4.78, 5) is 11.7.